The van der Waals surface area contributed by atoms with E-state index in [1.54, 1.807) is 27.8 Å². The fraction of sp³-hybridized carbons (Fsp3) is 0.667. The minimum Gasteiger partial charge on any atom is -0.444 e. The molecule has 7 heteroatoms. The second-order valence-corrected chi connectivity index (χ2v) is 10.9. The summed E-state index contributed by atoms with van der Waals surface area (Å²) >= 11 is 0. The molecule has 0 bridgehead atoms. The standard InChI is InChI=1S/C27H43N3O4/c1-18(2)17-22(29-26(33)34-27(4,5)6)25(32)30(7)23(20-15-13-19(3)14-16-20)24(31)28-21-11-9-8-10-12-21/h13-16,18,21-23H,8-12,17H2,1-7H3,(H,28,31)(H,29,33). The van der Waals surface area contributed by atoms with E-state index in [-0.39, 0.29) is 23.8 Å². The summed E-state index contributed by atoms with van der Waals surface area (Å²) < 4.78 is 5.39. The Hall–Kier alpha value is -2.57. The highest BCUT2D eigenvalue weighted by molar-refractivity contribution is 5.92. The Balaban J connectivity index is 2.28. The van der Waals surface area contributed by atoms with Gasteiger partial charge in [-0.15, -0.1) is 0 Å². The van der Waals surface area contributed by atoms with Crippen LogP contribution in [0.3, 0.4) is 0 Å². The summed E-state index contributed by atoms with van der Waals surface area (Å²) in [5.74, 6) is -0.345. The Kier molecular flexibility index (Phi) is 9.95. The smallest absolute Gasteiger partial charge is 0.408 e. The third-order valence-corrected chi connectivity index (χ3v) is 6.02. The average Bonchev–Trinajstić information content (AvgIpc) is 2.73. The fourth-order valence-corrected chi connectivity index (χ4v) is 4.34. The van der Waals surface area contributed by atoms with Gasteiger partial charge in [0.1, 0.15) is 17.7 Å². The van der Waals surface area contributed by atoms with Crippen molar-refractivity contribution in [3.63, 3.8) is 0 Å². The highest BCUT2D eigenvalue weighted by Gasteiger charge is 2.35. The monoisotopic (exact) mass is 473 g/mol. The summed E-state index contributed by atoms with van der Waals surface area (Å²) in [4.78, 5) is 41.0. The summed E-state index contributed by atoms with van der Waals surface area (Å²) in [5.41, 5.74) is 1.15. The number of aryl methyl sites for hydroxylation is 1. The molecular weight excluding hydrogens is 430 g/mol. The lowest BCUT2D eigenvalue weighted by atomic mass is 9.94. The van der Waals surface area contributed by atoms with Gasteiger partial charge in [-0.1, -0.05) is 62.9 Å². The molecule has 0 aliphatic heterocycles. The second kappa shape index (κ2) is 12.2. The van der Waals surface area contributed by atoms with Crippen molar-refractivity contribution in [3.8, 4) is 0 Å². The molecule has 7 nitrogen and oxygen atoms in total. The molecule has 2 N–H and O–H groups in total. The van der Waals surface area contributed by atoms with E-state index in [2.05, 4.69) is 10.6 Å². The minimum atomic E-state index is -0.796. The molecule has 2 rings (SSSR count). The maximum absolute atomic E-state index is 13.6. The lowest BCUT2D eigenvalue weighted by Crippen LogP contribution is -2.53. The Morgan fingerprint density at radius 1 is 1.06 bits per heavy atom. The highest BCUT2D eigenvalue weighted by Crippen LogP contribution is 2.25. The fourth-order valence-electron chi connectivity index (χ4n) is 4.34. The molecule has 2 atom stereocenters. The van der Waals surface area contributed by atoms with Gasteiger partial charge >= 0.3 is 6.09 Å². The lowest BCUT2D eigenvalue weighted by molar-refractivity contribution is -0.141. The molecule has 1 aliphatic rings. The molecule has 2 unspecified atom stereocenters. The zero-order chi connectivity index (χ0) is 25.5. The van der Waals surface area contributed by atoms with Crippen LogP contribution in [-0.4, -0.2) is 47.5 Å². The number of hydrogen-bond acceptors (Lipinski definition) is 4. The number of alkyl carbamates (subject to hydrolysis) is 1. The SMILES string of the molecule is Cc1ccc(C(C(=O)NC2CCCCC2)N(C)C(=O)C(CC(C)C)NC(=O)OC(C)(C)C)cc1. The first kappa shape index (κ1) is 27.7. The Bertz CT molecular complexity index is 823. The van der Waals surface area contributed by atoms with Crippen LogP contribution < -0.4 is 10.6 Å². The molecule has 0 aromatic heterocycles. The predicted octanol–water partition coefficient (Wildman–Crippen LogP) is 4.88. The molecule has 0 spiro atoms. The summed E-state index contributed by atoms with van der Waals surface area (Å²) in [7, 11) is 1.64. The Labute approximate surface area is 205 Å². The molecular formula is C27H43N3O4. The van der Waals surface area contributed by atoms with Crippen LogP contribution in [0.5, 0.6) is 0 Å². The topological polar surface area (TPSA) is 87.7 Å². The van der Waals surface area contributed by atoms with E-state index >= 15 is 0 Å². The predicted molar refractivity (Wildman–Crippen MR) is 134 cm³/mol. The van der Waals surface area contributed by atoms with Gasteiger partial charge in [0.15, 0.2) is 0 Å². The molecule has 1 fully saturated rings. The number of nitrogens with one attached hydrogen (secondary N) is 2. The number of likely N-dealkylation sites (N-methyl/N-ethyl adjacent to an activating group) is 1. The maximum atomic E-state index is 13.6. The van der Waals surface area contributed by atoms with Gasteiger partial charge in [-0.05, 0) is 58.4 Å². The van der Waals surface area contributed by atoms with E-state index in [0.717, 1.165) is 36.8 Å². The van der Waals surface area contributed by atoms with Crippen LogP contribution in [0.2, 0.25) is 0 Å². The summed E-state index contributed by atoms with van der Waals surface area (Å²) in [6.07, 6.45) is 5.11. The molecule has 1 aliphatic carbocycles. The minimum absolute atomic E-state index is 0.129. The number of carbonyl (C=O) groups is 3. The molecule has 1 saturated carbocycles. The average molecular weight is 474 g/mol. The zero-order valence-corrected chi connectivity index (χ0v) is 21.9. The van der Waals surface area contributed by atoms with Crippen LogP contribution in [0, 0.1) is 12.8 Å². The van der Waals surface area contributed by atoms with Crippen LogP contribution in [-0.2, 0) is 14.3 Å². The molecule has 0 radical (unpaired) electrons. The number of ether oxygens (including phenoxy) is 1. The van der Waals surface area contributed by atoms with E-state index in [0.29, 0.717) is 6.42 Å². The van der Waals surface area contributed by atoms with Gasteiger partial charge in [-0.25, -0.2) is 4.79 Å². The number of hydrogen-bond donors (Lipinski definition) is 2. The van der Waals surface area contributed by atoms with Crippen LogP contribution >= 0.6 is 0 Å². The van der Waals surface area contributed by atoms with E-state index in [9.17, 15) is 14.4 Å². The summed E-state index contributed by atoms with van der Waals surface area (Å²) in [6.45, 7) is 11.3. The van der Waals surface area contributed by atoms with E-state index in [1.807, 2.05) is 45.0 Å². The number of nitrogens with zero attached hydrogens (tertiary/aromatic N) is 1. The number of benzene rings is 1. The van der Waals surface area contributed by atoms with Gasteiger partial charge in [0.05, 0.1) is 0 Å². The normalized spacial score (nSPS) is 16.5. The number of amides is 3. The molecule has 34 heavy (non-hydrogen) atoms. The van der Waals surface area contributed by atoms with Crippen LogP contribution in [0.15, 0.2) is 24.3 Å². The van der Waals surface area contributed by atoms with Crippen molar-refractivity contribution in [1.82, 2.24) is 15.5 Å². The van der Waals surface area contributed by atoms with Crippen molar-refractivity contribution >= 4 is 17.9 Å². The number of rotatable bonds is 8. The zero-order valence-electron chi connectivity index (χ0n) is 21.9. The van der Waals surface area contributed by atoms with Gasteiger partial charge < -0.3 is 20.3 Å². The van der Waals surface area contributed by atoms with Crippen molar-refractivity contribution in [2.75, 3.05) is 7.05 Å². The molecule has 0 heterocycles. The highest BCUT2D eigenvalue weighted by atomic mass is 16.6. The van der Waals surface area contributed by atoms with Crippen LogP contribution in [0.25, 0.3) is 0 Å². The molecule has 1 aromatic carbocycles. The summed E-state index contributed by atoms with van der Waals surface area (Å²) in [5, 5.41) is 5.91. The quantitative estimate of drug-likeness (QED) is 0.563. The van der Waals surface area contributed by atoms with Crippen molar-refractivity contribution in [1.29, 1.82) is 0 Å². The molecule has 190 valence electrons. The van der Waals surface area contributed by atoms with Crippen molar-refractivity contribution in [3.05, 3.63) is 35.4 Å². The van der Waals surface area contributed by atoms with Gasteiger partial charge in [0.2, 0.25) is 11.8 Å². The van der Waals surface area contributed by atoms with Crippen LogP contribution in [0.4, 0.5) is 4.79 Å². The van der Waals surface area contributed by atoms with Crippen molar-refractivity contribution in [2.45, 2.75) is 104 Å². The van der Waals surface area contributed by atoms with Crippen LogP contribution in [0.1, 0.15) is 90.3 Å². The molecule has 0 saturated heterocycles. The first-order valence-electron chi connectivity index (χ1n) is 12.5. The van der Waals surface area contributed by atoms with Gasteiger partial charge in [0, 0.05) is 13.1 Å². The van der Waals surface area contributed by atoms with Gasteiger partial charge in [-0.3, -0.25) is 9.59 Å². The first-order chi connectivity index (χ1) is 15.9. The van der Waals surface area contributed by atoms with Gasteiger partial charge in [-0.2, -0.15) is 0 Å². The first-order valence-corrected chi connectivity index (χ1v) is 12.5. The number of carbonyl (C=O) groups excluding carboxylic acids is 3. The van der Waals surface area contributed by atoms with Crippen molar-refractivity contribution < 1.29 is 19.1 Å². The maximum Gasteiger partial charge on any atom is 0.408 e. The third-order valence-electron chi connectivity index (χ3n) is 6.02. The second-order valence-electron chi connectivity index (χ2n) is 10.9. The van der Waals surface area contributed by atoms with E-state index < -0.39 is 23.8 Å². The lowest BCUT2D eigenvalue weighted by Gasteiger charge is -2.33. The molecule has 1 aromatic rings. The summed E-state index contributed by atoms with van der Waals surface area (Å²) in [6, 6.07) is 6.22. The van der Waals surface area contributed by atoms with E-state index in [1.165, 1.54) is 11.3 Å². The third kappa shape index (κ3) is 8.65. The van der Waals surface area contributed by atoms with Crippen molar-refractivity contribution in [2.24, 2.45) is 5.92 Å². The Morgan fingerprint density at radius 3 is 2.18 bits per heavy atom. The van der Waals surface area contributed by atoms with Gasteiger partial charge in [0.25, 0.3) is 0 Å². The molecule has 3 amide bonds. The van der Waals surface area contributed by atoms with E-state index in [4.69, 9.17) is 4.74 Å². The largest absolute Gasteiger partial charge is 0.444 e. The Morgan fingerprint density at radius 2 is 1.65 bits per heavy atom.